The molecule has 0 saturated heterocycles. The van der Waals surface area contributed by atoms with Crippen molar-refractivity contribution in [1.29, 1.82) is 0 Å². The van der Waals surface area contributed by atoms with Crippen molar-refractivity contribution in [2.75, 3.05) is 7.11 Å². The molecule has 0 radical (unpaired) electrons. The molecule has 0 bridgehead atoms. The van der Waals surface area contributed by atoms with E-state index in [2.05, 4.69) is 4.98 Å². The fourth-order valence-corrected chi connectivity index (χ4v) is 2.11. The van der Waals surface area contributed by atoms with Crippen LogP contribution in [0.3, 0.4) is 0 Å². The van der Waals surface area contributed by atoms with Gasteiger partial charge in [0.2, 0.25) is 11.8 Å². The molecule has 7 nitrogen and oxygen atoms in total. The van der Waals surface area contributed by atoms with E-state index in [0.29, 0.717) is 11.3 Å². The summed E-state index contributed by atoms with van der Waals surface area (Å²) in [4.78, 5) is 49.1. The lowest BCUT2D eigenvalue weighted by molar-refractivity contribution is -0.108. The highest BCUT2D eigenvalue weighted by atomic mass is 16.5. The number of nitrogens with one attached hydrogen (secondary N) is 2. The summed E-state index contributed by atoms with van der Waals surface area (Å²) in [5.74, 6) is -1.14. The number of benzene rings is 1. The van der Waals surface area contributed by atoms with Crippen LogP contribution in [0.15, 0.2) is 23.0 Å². The Morgan fingerprint density at radius 3 is 2.62 bits per heavy atom. The first kappa shape index (κ1) is 14.4. The summed E-state index contributed by atoms with van der Waals surface area (Å²) >= 11 is 0. The maximum atomic E-state index is 12.5. The molecule has 0 spiro atoms. The second kappa shape index (κ2) is 5.58. The third kappa shape index (κ3) is 2.40. The van der Waals surface area contributed by atoms with E-state index in [1.807, 2.05) is 5.32 Å². The second-order valence-electron chi connectivity index (χ2n) is 4.23. The summed E-state index contributed by atoms with van der Waals surface area (Å²) < 4.78 is 5.10. The first-order chi connectivity index (χ1) is 10.0. The molecule has 0 saturated carbocycles. The van der Waals surface area contributed by atoms with Crippen LogP contribution in [-0.2, 0) is 4.79 Å². The van der Waals surface area contributed by atoms with E-state index in [0.717, 1.165) is 0 Å². The number of aromatic amines is 1. The number of carbonyl (C=O) groups excluding carboxylic acids is 3. The van der Waals surface area contributed by atoms with Crippen LogP contribution in [0.1, 0.15) is 27.8 Å². The Hall–Kier alpha value is -2.96. The molecule has 2 amide bonds. The molecule has 2 rings (SSSR count). The van der Waals surface area contributed by atoms with Crippen LogP contribution in [0, 0.1) is 0 Å². The predicted molar refractivity (Wildman–Crippen MR) is 74.7 cm³/mol. The molecule has 1 aromatic carbocycles. The summed E-state index contributed by atoms with van der Waals surface area (Å²) in [6.45, 7) is 1.17. The number of H-pyrrole nitrogens is 1. The zero-order valence-electron chi connectivity index (χ0n) is 11.4. The lowest BCUT2D eigenvalue weighted by atomic mass is 10.0. The van der Waals surface area contributed by atoms with E-state index in [4.69, 9.17) is 4.74 Å². The van der Waals surface area contributed by atoms with E-state index < -0.39 is 17.1 Å². The molecule has 0 aliphatic rings. The van der Waals surface area contributed by atoms with Gasteiger partial charge in [0.25, 0.3) is 5.91 Å². The van der Waals surface area contributed by atoms with Crippen molar-refractivity contribution < 1.29 is 19.1 Å². The average Bonchev–Trinajstić information content (AvgIpc) is 2.46. The Morgan fingerprint density at radius 2 is 2.05 bits per heavy atom. The van der Waals surface area contributed by atoms with Gasteiger partial charge in [-0.25, -0.2) is 0 Å². The smallest absolute Gasteiger partial charge is 0.274 e. The van der Waals surface area contributed by atoms with Gasteiger partial charge >= 0.3 is 0 Å². The van der Waals surface area contributed by atoms with Crippen LogP contribution in [0.5, 0.6) is 5.75 Å². The highest BCUT2D eigenvalue weighted by Crippen LogP contribution is 2.22. The summed E-state index contributed by atoms with van der Waals surface area (Å²) in [5.41, 5.74) is -0.850. The minimum absolute atomic E-state index is 0.174. The van der Waals surface area contributed by atoms with Gasteiger partial charge in [-0.3, -0.25) is 24.5 Å². The molecule has 2 aromatic rings. The van der Waals surface area contributed by atoms with Crippen molar-refractivity contribution in [3.05, 3.63) is 39.7 Å². The maximum Gasteiger partial charge on any atom is 0.274 e. The molecule has 1 heterocycles. The van der Waals surface area contributed by atoms with Gasteiger partial charge in [-0.15, -0.1) is 0 Å². The molecular weight excluding hydrogens is 276 g/mol. The predicted octanol–water partition coefficient (Wildman–Crippen LogP) is 0.625. The van der Waals surface area contributed by atoms with Gasteiger partial charge < -0.3 is 9.72 Å². The Kier molecular flexibility index (Phi) is 3.84. The Labute approximate surface area is 118 Å². The van der Waals surface area contributed by atoms with Crippen molar-refractivity contribution in [2.45, 2.75) is 6.92 Å². The van der Waals surface area contributed by atoms with Gasteiger partial charge in [0, 0.05) is 0 Å². The fraction of sp³-hybridized carbons (Fsp3) is 0.143. The zero-order chi connectivity index (χ0) is 15.6. The Balaban J connectivity index is 2.91. The van der Waals surface area contributed by atoms with Crippen LogP contribution in [0.4, 0.5) is 0 Å². The molecule has 1 aromatic heterocycles. The normalized spacial score (nSPS) is 10.2. The third-order valence-corrected chi connectivity index (χ3v) is 2.98. The first-order valence-corrected chi connectivity index (χ1v) is 5.99. The van der Waals surface area contributed by atoms with E-state index in [9.17, 15) is 19.2 Å². The number of pyridine rings is 1. The Morgan fingerprint density at radius 1 is 1.33 bits per heavy atom. The van der Waals surface area contributed by atoms with Crippen LogP contribution < -0.4 is 15.5 Å². The number of imide groups is 1. The van der Waals surface area contributed by atoms with E-state index in [1.165, 1.54) is 14.0 Å². The lowest BCUT2D eigenvalue weighted by Gasteiger charge is -2.10. The minimum atomic E-state index is -0.850. The highest BCUT2D eigenvalue weighted by molar-refractivity contribution is 6.10. The summed E-state index contributed by atoms with van der Waals surface area (Å²) in [5, 5.41) is 2.08. The molecule has 0 aliphatic heterocycles. The van der Waals surface area contributed by atoms with Gasteiger partial charge in [-0.05, 0) is 19.1 Å². The van der Waals surface area contributed by atoms with Crippen molar-refractivity contribution in [3.63, 3.8) is 0 Å². The topological polar surface area (TPSA) is 105 Å². The molecule has 0 aliphatic carbocycles. The van der Waals surface area contributed by atoms with Crippen molar-refractivity contribution in [3.8, 4) is 5.75 Å². The summed E-state index contributed by atoms with van der Waals surface area (Å²) in [6, 6.07) is 4.78. The number of carbonyl (C=O) groups is 3. The lowest BCUT2D eigenvalue weighted by Crippen LogP contribution is -2.29. The fourth-order valence-electron chi connectivity index (χ4n) is 2.11. The summed E-state index contributed by atoms with van der Waals surface area (Å²) in [6.07, 6.45) is 0.181. The van der Waals surface area contributed by atoms with Gasteiger partial charge in [0.15, 0.2) is 5.78 Å². The molecule has 108 valence electrons. The SMILES string of the molecule is COc1cccc2[nH]c(C(=O)NC=O)c(C(C)=O)c(=O)c12. The summed E-state index contributed by atoms with van der Waals surface area (Å²) in [7, 11) is 1.40. The van der Waals surface area contributed by atoms with E-state index >= 15 is 0 Å². The molecular formula is C14H12N2O5. The molecule has 0 atom stereocenters. The van der Waals surface area contributed by atoms with Gasteiger partial charge in [0.1, 0.15) is 11.4 Å². The van der Waals surface area contributed by atoms with Gasteiger partial charge in [-0.1, -0.05) is 6.07 Å². The number of hydrogen-bond acceptors (Lipinski definition) is 5. The number of fused-ring (bicyclic) bond motifs is 1. The molecule has 21 heavy (non-hydrogen) atoms. The molecule has 7 heteroatoms. The third-order valence-electron chi connectivity index (χ3n) is 2.98. The quantitative estimate of drug-likeness (QED) is 0.634. The number of hydrogen-bond donors (Lipinski definition) is 2. The van der Waals surface area contributed by atoms with Gasteiger partial charge in [-0.2, -0.15) is 0 Å². The molecule has 0 fully saturated rings. The van der Waals surface area contributed by atoms with Crippen LogP contribution >= 0.6 is 0 Å². The first-order valence-electron chi connectivity index (χ1n) is 5.99. The average molecular weight is 288 g/mol. The van der Waals surface area contributed by atoms with Crippen LogP contribution in [0.2, 0.25) is 0 Å². The largest absolute Gasteiger partial charge is 0.496 e. The number of rotatable bonds is 4. The van der Waals surface area contributed by atoms with Crippen LogP contribution in [0.25, 0.3) is 10.9 Å². The number of ketones is 1. The molecule has 0 unspecified atom stereocenters. The molecule has 2 N–H and O–H groups in total. The highest BCUT2D eigenvalue weighted by Gasteiger charge is 2.22. The second-order valence-corrected chi connectivity index (χ2v) is 4.23. The van der Waals surface area contributed by atoms with Crippen molar-refractivity contribution in [1.82, 2.24) is 10.3 Å². The number of Topliss-reactive ketones (excluding diaryl/α,β-unsaturated/α-hetero) is 1. The Bertz CT molecular complexity index is 807. The van der Waals surface area contributed by atoms with Gasteiger partial charge in [0.05, 0.1) is 23.6 Å². The number of methoxy groups -OCH3 is 1. The van der Waals surface area contributed by atoms with Crippen LogP contribution in [-0.4, -0.2) is 30.2 Å². The van der Waals surface area contributed by atoms with E-state index in [-0.39, 0.29) is 23.1 Å². The number of amides is 2. The number of ether oxygens (including phenoxy) is 1. The van der Waals surface area contributed by atoms with E-state index in [1.54, 1.807) is 18.2 Å². The zero-order valence-corrected chi connectivity index (χ0v) is 11.4. The minimum Gasteiger partial charge on any atom is -0.496 e. The van der Waals surface area contributed by atoms with Crippen molar-refractivity contribution in [2.24, 2.45) is 0 Å². The standard InChI is InChI=1S/C14H12N2O5/c1-7(18)10-12(14(20)15-6-17)16-8-4-3-5-9(21-2)11(8)13(10)19/h3-6H,1-2H3,(H,16,19)(H,15,17,20). The van der Waals surface area contributed by atoms with Crippen molar-refractivity contribution >= 4 is 29.0 Å². The monoisotopic (exact) mass is 288 g/mol. The number of aromatic nitrogens is 1. The maximum absolute atomic E-state index is 12.5.